The molecular formula is C15H21N3O6. The van der Waals surface area contributed by atoms with Gasteiger partial charge >= 0.3 is 5.97 Å². The van der Waals surface area contributed by atoms with Crippen molar-refractivity contribution in [3.05, 3.63) is 27.7 Å². The van der Waals surface area contributed by atoms with Crippen LogP contribution >= 0.6 is 0 Å². The summed E-state index contributed by atoms with van der Waals surface area (Å²) in [7, 11) is 1.63. The maximum Gasteiger partial charge on any atom is 0.341 e. The van der Waals surface area contributed by atoms with Crippen LogP contribution in [0.5, 0.6) is 5.75 Å². The van der Waals surface area contributed by atoms with Crippen molar-refractivity contribution in [3.8, 4) is 5.75 Å². The molecule has 0 aromatic carbocycles. The predicted octanol–water partition coefficient (Wildman–Crippen LogP) is 0.0499. The number of nitrogens with zero attached hydrogens (tertiary/aromatic N) is 3. The van der Waals surface area contributed by atoms with Crippen LogP contribution in [0.4, 0.5) is 0 Å². The van der Waals surface area contributed by atoms with Gasteiger partial charge in [-0.25, -0.2) is 4.79 Å². The Morgan fingerprint density at radius 2 is 2.04 bits per heavy atom. The average molecular weight is 339 g/mol. The van der Waals surface area contributed by atoms with Crippen LogP contribution in [-0.2, 0) is 4.74 Å². The maximum atomic E-state index is 12.5. The molecule has 2 rings (SSSR count). The second kappa shape index (κ2) is 7.35. The predicted molar refractivity (Wildman–Crippen MR) is 85.1 cm³/mol. The fourth-order valence-electron chi connectivity index (χ4n) is 2.52. The third-order valence-corrected chi connectivity index (χ3v) is 3.69. The molecule has 1 amide bonds. The Kier molecular flexibility index (Phi) is 5.45. The molecule has 1 aromatic rings. The molecule has 0 atom stereocenters. The van der Waals surface area contributed by atoms with Crippen LogP contribution in [0.3, 0.4) is 0 Å². The summed E-state index contributed by atoms with van der Waals surface area (Å²) in [4.78, 5) is 37.0. The minimum absolute atomic E-state index is 0.209. The Bertz CT molecular complexity index is 699. The van der Waals surface area contributed by atoms with E-state index in [0.29, 0.717) is 26.2 Å². The molecule has 2 heterocycles. The van der Waals surface area contributed by atoms with Crippen molar-refractivity contribution < 1.29 is 24.5 Å². The van der Waals surface area contributed by atoms with Gasteiger partial charge in [-0.1, -0.05) is 6.92 Å². The molecular weight excluding hydrogens is 318 g/mol. The van der Waals surface area contributed by atoms with E-state index in [4.69, 9.17) is 9.84 Å². The normalized spacial score (nSPS) is 14.0. The van der Waals surface area contributed by atoms with Gasteiger partial charge in [0.15, 0.2) is 11.4 Å². The molecule has 1 aliphatic heterocycles. The number of aromatic hydroxyl groups is 1. The number of fused-ring (bicyclic) bond motifs is 1. The fourth-order valence-corrected chi connectivity index (χ4v) is 2.52. The molecule has 0 bridgehead atoms. The van der Waals surface area contributed by atoms with Gasteiger partial charge in [-0.05, 0) is 12.8 Å². The van der Waals surface area contributed by atoms with Crippen molar-refractivity contribution >= 4 is 11.9 Å². The standard InChI is InChI=1S/C15H21N3O6/c1-3-6-24-7-4-5-17-9-16(2)18-8-10(15(22)23)12(19)13(20)11(18)14(17)21/h8,20H,3-7,9H2,1-2H3,(H,22,23). The molecule has 0 spiro atoms. The van der Waals surface area contributed by atoms with Crippen molar-refractivity contribution in [2.24, 2.45) is 0 Å². The Morgan fingerprint density at radius 3 is 2.67 bits per heavy atom. The summed E-state index contributed by atoms with van der Waals surface area (Å²) in [6.45, 7) is 3.79. The summed E-state index contributed by atoms with van der Waals surface area (Å²) in [6.07, 6.45) is 2.60. The fraction of sp³-hybridized carbons (Fsp3) is 0.533. The first kappa shape index (κ1) is 17.8. The van der Waals surface area contributed by atoms with Crippen molar-refractivity contribution in [3.63, 3.8) is 0 Å². The number of carbonyl (C=O) groups excluding carboxylic acids is 1. The number of amides is 1. The highest BCUT2D eigenvalue weighted by Crippen LogP contribution is 2.20. The van der Waals surface area contributed by atoms with Crippen LogP contribution in [-0.4, -0.2) is 65.1 Å². The molecule has 0 fully saturated rings. The van der Waals surface area contributed by atoms with E-state index >= 15 is 0 Å². The van der Waals surface area contributed by atoms with E-state index in [1.165, 1.54) is 9.58 Å². The number of aromatic nitrogens is 1. The number of rotatable bonds is 7. The first-order valence-corrected chi connectivity index (χ1v) is 7.68. The molecule has 24 heavy (non-hydrogen) atoms. The average Bonchev–Trinajstić information content (AvgIpc) is 2.53. The first-order valence-electron chi connectivity index (χ1n) is 7.68. The van der Waals surface area contributed by atoms with Gasteiger partial charge in [0.25, 0.3) is 5.91 Å². The number of carboxylic acids is 1. The largest absolute Gasteiger partial charge is 0.502 e. The number of carboxylic acid groups (broad SMARTS) is 1. The number of aromatic carboxylic acids is 1. The lowest BCUT2D eigenvalue weighted by Gasteiger charge is -2.37. The molecule has 9 nitrogen and oxygen atoms in total. The van der Waals surface area contributed by atoms with Gasteiger partial charge < -0.3 is 19.8 Å². The van der Waals surface area contributed by atoms with Crippen LogP contribution in [0.25, 0.3) is 0 Å². The van der Waals surface area contributed by atoms with E-state index in [-0.39, 0.29) is 12.4 Å². The highest BCUT2D eigenvalue weighted by Gasteiger charge is 2.32. The quantitative estimate of drug-likeness (QED) is 0.675. The first-order chi connectivity index (χ1) is 11.4. The summed E-state index contributed by atoms with van der Waals surface area (Å²) >= 11 is 0. The zero-order chi connectivity index (χ0) is 17.9. The van der Waals surface area contributed by atoms with Crippen molar-refractivity contribution in [2.75, 3.05) is 38.5 Å². The molecule has 0 saturated carbocycles. The SMILES string of the molecule is CCCOCCCN1CN(C)n2cc(C(=O)O)c(=O)c(O)c2C1=O. The molecule has 0 unspecified atom stereocenters. The Morgan fingerprint density at radius 1 is 1.33 bits per heavy atom. The zero-order valence-electron chi connectivity index (χ0n) is 13.7. The second-order valence-electron chi connectivity index (χ2n) is 5.55. The van der Waals surface area contributed by atoms with Crippen LogP contribution in [0.15, 0.2) is 11.0 Å². The van der Waals surface area contributed by atoms with Crippen LogP contribution in [0, 0.1) is 0 Å². The van der Waals surface area contributed by atoms with Crippen LogP contribution < -0.4 is 10.4 Å². The van der Waals surface area contributed by atoms with Crippen LogP contribution in [0.2, 0.25) is 0 Å². The minimum Gasteiger partial charge on any atom is -0.502 e. The third kappa shape index (κ3) is 3.35. The van der Waals surface area contributed by atoms with E-state index in [1.807, 2.05) is 6.92 Å². The maximum absolute atomic E-state index is 12.5. The highest BCUT2D eigenvalue weighted by molar-refractivity contribution is 5.97. The summed E-state index contributed by atoms with van der Waals surface area (Å²) in [5.74, 6) is -2.82. The van der Waals surface area contributed by atoms with E-state index in [9.17, 15) is 19.5 Å². The monoisotopic (exact) mass is 339 g/mol. The summed E-state index contributed by atoms with van der Waals surface area (Å²) in [5.41, 5.74) is -1.88. The van der Waals surface area contributed by atoms with Gasteiger partial charge in [0.1, 0.15) is 12.2 Å². The van der Waals surface area contributed by atoms with Gasteiger partial charge in [-0.2, -0.15) is 0 Å². The zero-order valence-corrected chi connectivity index (χ0v) is 13.7. The third-order valence-electron chi connectivity index (χ3n) is 3.69. The molecule has 9 heteroatoms. The van der Waals surface area contributed by atoms with Gasteiger partial charge in [-0.15, -0.1) is 0 Å². The van der Waals surface area contributed by atoms with Crippen molar-refractivity contribution in [1.29, 1.82) is 0 Å². The summed E-state index contributed by atoms with van der Waals surface area (Å²) in [6, 6.07) is 0. The molecule has 0 saturated heterocycles. The lowest BCUT2D eigenvalue weighted by molar-refractivity contribution is 0.0645. The summed E-state index contributed by atoms with van der Waals surface area (Å²) < 4.78 is 6.57. The topological polar surface area (TPSA) is 112 Å². The van der Waals surface area contributed by atoms with Gasteiger partial charge in [0, 0.05) is 33.0 Å². The smallest absolute Gasteiger partial charge is 0.341 e. The number of pyridine rings is 1. The number of hydrogen-bond donors (Lipinski definition) is 2. The van der Waals surface area contributed by atoms with E-state index < -0.39 is 28.6 Å². The Balaban J connectivity index is 2.24. The molecule has 2 N–H and O–H groups in total. The lowest BCUT2D eigenvalue weighted by atomic mass is 10.2. The molecule has 1 aromatic heterocycles. The number of ether oxygens (including phenoxy) is 1. The van der Waals surface area contributed by atoms with Gasteiger partial charge in [0.05, 0.1) is 0 Å². The van der Waals surface area contributed by atoms with Crippen molar-refractivity contribution in [2.45, 2.75) is 19.8 Å². The molecule has 1 aliphatic rings. The lowest BCUT2D eigenvalue weighted by Crippen LogP contribution is -2.53. The van der Waals surface area contributed by atoms with E-state index in [2.05, 4.69) is 0 Å². The second-order valence-corrected chi connectivity index (χ2v) is 5.55. The van der Waals surface area contributed by atoms with Gasteiger partial charge in [-0.3, -0.25) is 19.3 Å². The molecule has 0 radical (unpaired) electrons. The Hall–Kier alpha value is -2.55. The minimum atomic E-state index is -1.46. The highest BCUT2D eigenvalue weighted by atomic mass is 16.5. The molecule has 132 valence electrons. The molecule has 0 aliphatic carbocycles. The summed E-state index contributed by atoms with van der Waals surface area (Å²) in [5, 5.41) is 20.6. The number of hydrogen-bond acceptors (Lipinski definition) is 6. The van der Waals surface area contributed by atoms with E-state index in [0.717, 1.165) is 12.6 Å². The Labute approximate surface area is 138 Å². The number of carbonyl (C=O) groups is 2. The van der Waals surface area contributed by atoms with E-state index in [1.54, 1.807) is 12.1 Å². The van der Waals surface area contributed by atoms with Gasteiger partial charge in [0.2, 0.25) is 5.43 Å². The van der Waals surface area contributed by atoms with Crippen LogP contribution in [0.1, 0.15) is 40.6 Å². The van der Waals surface area contributed by atoms with Crippen molar-refractivity contribution in [1.82, 2.24) is 9.58 Å².